The molecular formula is C17H27BrO2Si. The molecule has 0 spiro atoms. The van der Waals surface area contributed by atoms with Gasteiger partial charge in [0.1, 0.15) is 5.75 Å². The largest absolute Gasteiger partial charge is 0.492 e. The first-order valence-corrected chi connectivity index (χ1v) is 11.2. The molecule has 1 aliphatic rings. The number of fused-ring (bicyclic) bond motifs is 1. The highest BCUT2D eigenvalue weighted by atomic mass is 79.9. The molecular weight excluding hydrogens is 344 g/mol. The van der Waals surface area contributed by atoms with Crippen molar-refractivity contribution in [3.8, 4) is 5.75 Å². The van der Waals surface area contributed by atoms with E-state index in [9.17, 15) is 0 Å². The van der Waals surface area contributed by atoms with Crippen LogP contribution < -0.4 is 4.74 Å². The maximum absolute atomic E-state index is 6.77. The molecule has 2 rings (SSSR count). The molecule has 1 aliphatic heterocycles. The molecule has 118 valence electrons. The number of ether oxygens (including phenoxy) is 1. The van der Waals surface area contributed by atoms with Crippen molar-refractivity contribution in [2.24, 2.45) is 5.41 Å². The molecule has 0 aliphatic carbocycles. The van der Waals surface area contributed by atoms with Gasteiger partial charge in [0.25, 0.3) is 0 Å². The van der Waals surface area contributed by atoms with E-state index in [2.05, 4.69) is 75.8 Å². The lowest BCUT2D eigenvalue weighted by Gasteiger charge is -2.46. The maximum atomic E-state index is 6.77. The van der Waals surface area contributed by atoms with Crippen LogP contribution >= 0.6 is 15.9 Å². The van der Waals surface area contributed by atoms with Gasteiger partial charge >= 0.3 is 0 Å². The van der Waals surface area contributed by atoms with Crippen molar-refractivity contribution in [1.82, 2.24) is 0 Å². The molecule has 0 saturated heterocycles. The van der Waals surface area contributed by atoms with E-state index in [0.717, 1.165) is 10.2 Å². The molecule has 0 saturated carbocycles. The molecule has 1 unspecified atom stereocenters. The van der Waals surface area contributed by atoms with Gasteiger partial charge in [0, 0.05) is 15.5 Å². The molecule has 2 nitrogen and oxygen atoms in total. The van der Waals surface area contributed by atoms with E-state index in [1.807, 2.05) is 6.07 Å². The number of benzene rings is 1. The van der Waals surface area contributed by atoms with Crippen LogP contribution in [0.4, 0.5) is 0 Å². The predicted molar refractivity (Wildman–Crippen MR) is 94.4 cm³/mol. The lowest BCUT2D eigenvalue weighted by Crippen LogP contribution is -2.46. The second-order valence-corrected chi connectivity index (χ2v) is 13.9. The number of halogens is 1. The van der Waals surface area contributed by atoms with Crippen LogP contribution in [-0.4, -0.2) is 14.9 Å². The van der Waals surface area contributed by atoms with Gasteiger partial charge in [-0.25, -0.2) is 0 Å². The third-order valence-corrected chi connectivity index (χ3v) is 9.72. The van der Waals surface area contributed by atoms with Gasteiger partial charge in [0.2, 0.25) is 0 Å². The molecule has 0 aromatic heterocycles. The van der Waals surface area contributed by atoms with Crippen LogP contribution in [0.25, 0.3) is 0 Å². The summed E-state index contributed by atoms with van der Waals surface area (Å²) >= 11 is 3.52. The van der Waals surface area contributed by atoms with E-state index in [-0.39, 0.29) is 16.6 Å². The molecule has 0 bridgehead atoms. The highest BCUT2D eigenvalue weighted by Crippen LogP contribution is 2.50. The summed E-state index contributed by atoms with van der Waals surface area (Å²) in [6.07, 6.45) is 0.0928. The molecule has 0 fully saturated rings. The van der Waals surface area contributed by atoms with Gasteiger partial charge in [0.15, 0.2) is 8.32 Å². The molecule has 0 N–H and O–H groups in total. The van der Waals surface area contributed by atoms with E-state index < -0.39 is 8.32 Å². The zero-order chi connectivity index (χ0) is 16.1. The van der Waals surface area contributed by atoms with Crippen molar-refractivity contribution >= 4 is 24.2 Å². The Morgan fingerprint density at radius 3 is 2.48 bits per heavy atom. The summed E-state index contributed by atoms with van der Waals surface area (Å²) in [7, 11) is -1.83. The average Bonchev–Trinajstić information content (AvgIpc) is 2.31. The zero-order valence-electron chi connectivity index (χ0n) is 14.2. The molecule has 1 aromatic rings. The summed E-state index contributed by atoms with van der Waals surface area (Å²) in [6.45, 7) is 16.6. The molecule has 1 atom stereocenters. The van der Waals surface area contributed by atoms with Gasteiger partial charge in [-0.15, -0.1) is 0 Å². The monoisotopic (exact) mass is 370 g/mol. The Balaban J connectivity index is 2.42. The average molecular weight is 371 g/mol. The van der Waals surface area contributed by atoms with Crippen molar-refractivity contribution in [3.05, 3.63) is 28.2 Å². The Morgan fingerprint density at radius 1 is 1.29 bits per heavy atom. The van der Waals surface area contributed by atoms with Gasteiger partial charge in [-0.2, -0.15) is 0 Å². The van der Waals surface area contributed by atoms with Crippen molar-refractivity contribution in [1.29, 1.82) is 0 Å². The topological polar surface area (TPSA) is 18.5 Å². The normalized spacial score (nSPS) is 21.6. The fraction of sp³-hybridized carbons (Fsp3) is 0.647. The second kappa shape index (κ2) is 5.39. The third kappa shape index (κ3) is 3.38. The SMILES string of the molecule is CC1(C)COc2cc(Br)ccc2C1O[Si](C)(C)C(C)(C)C. The summed E-state index contributed by atoms with van der Waals surface area (Å²) in [5, 5.41) is 0.205. The Bertz CT molecular complexity index is 532. The minimum absolute atomic E-state index is 0.0175. The first kappa shape index (κ1) is 17.0. The van der Waals surface area contributed by atoms with Crippen LogP contribution in [0.5, 0.6) is 5.75 Å². The van der Waals surface area contributed by atoms with Crippen LogP contribution in [0.3, 0.4) is 0 Å². The summed E-state index contributed by atoms with van der Waals surface area (Å²) in [6, 6.07) is 6.26. The van der Waals surface area contributed by atoms with Crippen molar-refractivity contribution in [2.45, 2.75) is 58.9 Å². The van der Waals surface area contributed by atoms with E-state index in [1.165, 1.54) is 5.56 Å². The first-order chi connectivity index (χ1) is 9.44. The Labute approximate surface area is 138 Å². The zero-order valence-corrected chi connectivity index (χ0v) is 16.8. The predicted octanol–water partition coefficient (Wildman–Crippen LogP) is 5.93. The van der Waals surface area contributed by atoms with Crippen LogP contribution in [0.1, 0.15) is 46.3 Å². The van der Waals surface area contributed by atoms with Crippen LogP contribution in [-0.2, 0) is 4.43 Å². The molecule has 4 heteroatoms. The van der Waals surface area contributed by atoms with Gasteiger partial charge < -0.3 is 9.16 Å². The summed E-state index contributed by atoms with van der Waals surface area (Å²) < 4.78 is 13.8. The first-order valence-electron chi connectivity index (χ1n) is 7.54. The number of hydrogen-bond donors (Lipinski definition) is 0. The molecule has 1 heterocycles. The Hall–Kier alpha value is -0.323. The maximum Gasteiger partial charge on any atom is 0.192 e. The smallest absolute Gasteiger partial charge is 0.192 e. The Kier molecular flexibility index (Phi) is 4.37. The van der Waals surface area contributed by atoms with Crippen molar-refractivity contribution in [2.75, 3.05) is 6.61 Å². The fourth-order valence-corrected chi connectivity index (χ4v) is 4.03. The molecule has 0 radical (unpaired) electrons. The highest BCUT2D eigenvalue weighted by molar-refractivity contribution is 9.10. The standard InChI is InChI=1S/C17H27BrO2Si/c1-16(2,3)21(6,7)20-15-13-9-8-12(18)10-14(13)19-11-17(15,4)5/h8-10,15H,11H2,1-7H3. The third-order valence-electron chi connectivity index (χ3n) is 4.79. The van der Waals surface area contributed by atoms with E-state index >= 15 is 0 Å². The van der Waals surface area contributed by atoms with Crippen molar-refractivity contribution < 1.29 is 9.16 Å². The van der Waals surface area contributed by atoms with Gasteiger partial charge in [-0.3, -0.25) is 0 Å². The fourth-order valence-electron chi connectivity index (χ4n) is 2.30. The molecule has 21 heavy (non-hydrogen) atoms. The second-order valence-electron chi connectivity index (χ2n) is 8.22. The van der Waals surface area contributed by atoms with Crippen LogP contribution in [0.15, 0.2) is 22.7 Å². The number of hydrogen-bond acceptors (Lipinski definition) is 2. The minimum atomic E-state index is -1.83. The van der Waals surface area contributed by atoms with Crippen LogP contribution in [0, 0.1) is 5.41 Å². The summed E-state index contributed by atoms with van der Waals surface area (Å²) in [5.41, 5.74) is 1.16. The summed E-state index contributed by atoms with van der Waals surface area (Å²) in [5.74, 6) is 0.951. The Morgan fingerprint density at radius 2 is 1.90 bits per heavy atom. The summed E-state index contributed by atoms with van der Waals surface area (Å²) in [4.78, 5) is 0. The lowest BCUT2D eigenvalue weighted by atomic mass is 9.81. The number of rotatable bonds is 2. The van der Waals surface area contributed by atoms with Gasteiger partial charge in [0.05, 0.1) is 12.7 Å². The molecule has 0 amide bonds. The van der Waals surface area contributed by atoms with Gasteiger partial charge in [-0.1, -0.05) is 56.6 Å². The highest BCUT2D eigenvalue weighted by Gasteiger charge is 2.46. The van der Waals surface area contributed by atoms with Gasteiger partial charge in [-0.05, 0) is 30.3 Å². The quantitative estimate of drug-likeness (QED) is 0.600. The van der Waals surface area contributed by atoms with Crippen molar-refractivity contribution in [3.63, 3.8) is 0 Å². The van der Waals surface area contributed by atoms with E-state index in [0.29, 0.717) is 6.61 Å². The van der Waals surface area contributed by atoms with E-state index in [4.69, 9.17) is 9.16 Å². The minimum Gasteiger partial charge on any atom is -0.492 e. The molecule has 1 aromatic carbocycles. The van der Waals surface area contributed by atoms with E-state index in [1.54, 1.807) is 0 Å². The van der Waals surface area contributed by atoms with Crippen LogP contribution in [0.2, 0.25) is 18.1 Å². The lowest BCUT2D eigenvalue weighted by molar-refractivity contribution is 0.00128.